The molecule has 0 amide bonds. The summed E-state index contributed by atoms with van der Waals surface area (Å²) in [6.07, 6.45) is 1.89. The molecular formula is C16H16ClNO2. The first-order valence-corrected chi connectivity index (χ1v) is 6.81. The summed E-state index contributed by atoms with van der Waals surface area (Å²) in [5, 5.41) is 0.729. The van der Waals surface area contributed by atoms with Crippen molar-refractivity contribution in [3.63, 3.8) is 0 Å². The molecule has 3 nitrogen and oxygen atoms in total. The summed E-state index contributed by atoms with van der Waals surface area (Å²) in [6.45, 7) is 0. The largest absolute Gasteiger partial charge is 0.373 e. The van der Waals surface area contributed by atoms with Gasteiger partial charge in [0.15, 0.2) is 0 Å². The molecule has 0 aliphatic rings. The number of hydrogen-bond acceptors (Lipinski definition) is 3. The van der Waals surface area contributed by atoms with Crippen molar-refractivity contribution in [3.05, 3.63) is 59.1 Å². The molecule has 0 heterocycles. The van der Waals surface area contributed by atoms with E-state index in [1.807, 2.05) is 24.3 Å². The number of benzene rings is 2. The zero-order valence-electron chi connectivity index (χ0n) is 11.0. The summed E-state index contributed by atoms with van der Waals surface area (Å²) in [6, 6.07) is 16.0. The topological polar surface area (TPSA) is 52.3 Å². The Morgan fingerprint density at radius 1 is 1.10 bits per heavy atom. The van der Waals surface area contributed by atoms with Crippen molar-refractivity contribution < 1.29 is 9.63 Å². The molecule has 0 saturated carbocycles. The molecule has 2 aromatic carbocycles. The van der Waals surface area contributed by atoms with Gasteiger partial charge in [-0.1, -0.05) is 48.0 Å². The molecule has 0 aliphatic carbocycles. The highest BCUT2D eigenvalue weighted by Crippen LogP contribution is 2.23. The summed E-state index contributed by atoms with van der Waals surface area (Å²) < 4.78 is 0. The molecular weight excluding hydrogens is 274 g/mol. The van der Waals surface area contributed by atoms with Gasteiger partial charge in [-0.2, -0.15) is 5.90 Å². The van der Waals surface area contributed by atoms with Crippen molar-refractivity contribution in [2.45, 2.75) is 19.3 Å². The van der Waals surface area contributed by atoms with Gasteiger partial charge in [-0.3, -0.25) is 4.79 Å². The van der Waals surface area contributed by atoms with E-state index in [1.54, 1.807) is 0 Å². The summed E-state index contributed by atoms with van der Waals surface area (Å²) in [7, 11) is 0. The van der Waals surface area contributed by atoms with Crippen LogP contribution in [0, 0.1) is 0 Å². The van der Waals surface area contributed by atoms with Gasteiger partial charge in [0.25, 0.3) is 0 Å². The summed E-state index contributed by atoms with van der Waals surface area (Å²) >= 11 is 5.98. The quantitative estimate of drug-likeness (QED) is 0.853. The molecule has 4 heteroatoms. The summed E-state index contributed by atoms with van der Waals surface area (Å²) in [5.74, 6) is 4.41. The molecule has 0 unspecified atom stereocenters. The van der Waals surface area contributed by atoms with Crippen LogP contribution in [0.4, 0.5) is 0 Å². The van der Waals surface area contributed by atoms with Crippen molar-refractivity contribution in [1.82, 2.24) is 0 Å². The Labute approximate surface area is 123 Å². The van der Waals surface area contributed by atoms with Gasteiger partial charge in [0.1, 0.15) is 0 Å². The molecule has 0 saturated heterocycles. The lowest BCUT2D eigenvalue weighted by molar-refractivity contribution is -0.144. The highest BCUT2D eigenvalue weighted by Gasteiger charge is 2.02. The minimum absolute atomic E-state index is 0.340. The van der Waals surface area contributed by atoms with Crippen LogP contribution < -0.4 is 5.90 Å². The Morgan fingerprint density at radius 2 is 1.85 bits per heavy atom. The smallest absolute Gasteiger partial charge is 0.324 e. The predicted octanol–water partition coefficient (Wildman–Crippen LogP) is 3.75. The van der Waals surface area contributed by atoms with Gasteiger partial charge in [0, 0.05) is 11.4 Å². The van der Waals surface area contributed by atoms with E-state index in [2.05, 4.69) is 29.1 Å². The maximum Gasteiger partial charge on any atom is 0.324 e. The number of aryl methyl sites for hydroxylation is 1. The molecule has 104 valence electrons. The number of rotatable bonds is 5. The molecule has 0 aromatic heterocycles. The van der Waals surface area contributed by atoms with Crippen LogP contribution in [0.3, 0.4) is 0 Å². The van der Waals surface area contributed by atoms with Crippen molar-refractivity contribution >= 4 is 17.6 Å². The van der Waals surface area contributed by atoms with Crippen LogP contribution in [0.25, 0.3) is 11.1 Å². The Balaban J connectivity index is 1.98. The maximum absolute atomic E-state index is 10.9. The first-order valence-electron chi connectivity index (χ1n) is 6.43. The van der Waals surface area contributed by atoms with Crippen molar-refractivity contribution in [1.29, 1.82) is 0 Å². The number of carbonyl (C=O) groups excluding carboxylic acids is 1. The van der Waals surface area contributed by atoms with Crippen molar-refractivity contribution in [2.24, 2.45) is 5.90 Å². The van der Waals surface area contributed by atoms with E-state index in [1.165, 1.54) is 5.56 Å². The number of carbonyl (C=O) groups is 1. The molecule has 2 rings (SSSR count). The minimum atomic E-state index is -0.374. The SMILES string of the molecule is NOC(=O)CCCc1ccc(-c2cccc(Cl)c2)cc1. The standard InChI is InChI=1S/C16H16ClNO2/c17-15-5-2-4-14(11-15)13-9-7-12(8-10-13)3-1-6-16(19)20-18/h2,4-5,7-11H,1,3,6,18H2. The summed E-state index contributed by atoms with van der Waals surface area (Å²) in [5.41, 5.74) is 3.40. The van der Waals surface area contributed by atoms with Gasteiger partial charge in [0.05, 0.1) is 0 Å². The second-order valence-corrected chi connectivity index (χ2v) is 4.99. The Bertz CT molecular complexity index is 581. The van der Waals surface area contributed by atoms with E-state index in [0.29, 0.717) is 6.42 Å². The first-order chi connectivity index (χ1) is 9.69. The number of hydrogen-bond donors (Lipinski definition) is 1. The second kappa shape index (κ2) is 7.08. The zero-order chi connectivity index (χ0) is 14.4. The lowest BCUT2D eigenvalue weighted by Crippen LogP contribution is -2.09. The van der Waals surface area contributed by atoms with Gasteiger partial charge >= 0.3 is 5.97 Å². The third-order valence-corrected chi connectivity index (χ3v) is 3.32. The normalized spacial score (nSPS) is 10.3. The van der Waals surface area contributed by atoms with E-state index < -0.39 is 0 Å². The first kappa shape index (κ1) is 14.6. The van der Waals surface area contributed by atoms with E-state index >= 15 is 0 Å². The van der Waals surface area contributed by atoms with Crippen LogP contribution in [0.1, 0.15) is 18.4 Å². The molecule has 0 radical (unpaired) electrons. The lowest BCUT2D eigenvalue weighted by Gasteiger charge is -2.05. The fourth-order valence-electron chi connectivity index (χ4n) is 2.03. The maximum atomic E-state index is 10.9. The van der Waals surface area contributed by atoms with Gasteiger partial charge in [0.2, 0.25) is 0 Å². The molecule has 0 aliphatic heterocycles. The van der Waals surface area contributed by atoms with Crippen LogP contribution >= 0.6 is 11.6 Å². The Hall–Kier alpha value is -1.84. The molecule has 2 aromatic rings. The number of halogens is 1. The van der Waals surface area contributed by atoms with Gasteiger partial charge < -0.3 is 4.84 Å². The molecule has 0 atom stereocenters. The van der Waals surface area contributed by atoms with Crippen LogP contribution in [-0.4, -0.2) is 5.97 Å². The van der Waals surface area contributed by atoms with Crippen molar-refractivity contribution in [3.8, 4) is 11.1 Å². The summed E-state index contributed by atoms with van der Waals surface area (Å²) in [4.78, 5) is 15.0. The van der Waals surface area contributed by atoms with E-state index in [0.717, 1.165) is 29.0 Å². The highest BCUT2D eigenvalue weighted by molar-refractivity contribution is 6.30. The van der Waals surface area contributed by atoms with Crippen LogP contribution in [-0.2, 0) is 16.1 Å². The second-order valence-electron chi connectivity index (χ2n) is 4.55. The number of nitrogens with two attached hydrogens (primary N) is 1. The molecule has 2 N–H and O–H groups in total. The average molecular weight is 290 g/mol. The molecule has 0 spiro atoms. The van der Waals surface area contributed by atoms with Crippen LogP contribution in [0.2, 0.25) is 5.02 Å². The molecule has 0 bridgehead atoms. The Kier molecular flexibility index (Phi) is 5.16. The fourth-order valence-corrected chi connectivity index (χ4v) is 2.22. The van der Waals surface area contributed by atoms with E-state index in [-0.39, 0.29) is 5.97 Å². The average Bonchev–Trinajstić information content (AvgIpc) is 2.48. The van der Waals surface area contributed by atoms with Gasteiger partial charge in [-0.25, -0.2) is 0 Å². The van der Waals surface area contributed by atoms with Gasteiger partial charge in [-0.05, 0) is 41.7 Å². The fraction of sp³-hybridized carbons (Fsp3) is 0.188. The lowest BCUT2D eigenvalue weighted by atomic mass is 10.0. The molecule has 0 fully saturated rings. The highest BCUT2D eigenvalue weighted by atomic mass is 35.5. The van der Waals surface area contributed by atoms with E-state index in [9.17, 15) is 4.79 Å². The molecule has 20 heavy (non-hydrogen) atoms. The van der Waals surface area contributed by atoms with Gasteiger partial charge in [-0.15, -0.1) is 0 Å². The predicted molar refractivity (Wildman–Crippen MR) is 80.1 cm³/mol. The zero-order valence-corrected chi connectivity index (χ0v) is 11.8. The monoisotopic (exact) mass is 289 g/mol. The van der Waals surface area contributed by atoms with E-state index in [4.69, 9.17) is 17.5 Å². The third kappa shape index (κ3) is 4.08. The Morgan fingerprint density at radius 3 is 2.50 bits per heavy atom. The van der Waals surface area contributed by atoms with Crippen LogP contribution in [0.5, 0.6) is 0 Å². The third-order valence-electron chi connectivity index (χ3n) is 3.09. The van der Waals surface area contributed by atoms with Crippen molar-refractivity contribution in [2.75, 3.05) is 0 Å². The van der Waals surface area contributed by atoms with Crippen LogP contribution in [0.15, 0.2) is 48.5 Å². The minimum Gasteiger partial charge on any atom is -0.373 e.